The number of anilines is 1. The molecule has 2 saturated heterocycles. The van der Waals surface area contributed by atoms with E-state index in [-0.39, 0.29) is 5.56 Å². The molecule has 138 valence electrons. The van der Waals surface area contributed by atoms with E-state index in [4.69, 9.17) is 9.62 Å². The third-order valence-electron chi connectivity index (χ3n) is 5.61. The van der Waals surface area contributed by atoms with Crippen molar-refractivity contribution in [1.29, 1.82) is 0 Å². The van der Waals surface area contributed by atoms with Crippen LogP contribution in [0.3, 0.4) is 0 Å². The SMILES string of the molecule is O=C(NO)c1cnc(N2CCC3(CCN(Cc4ccoc4)C3)CC2)nc1. The van der Waals surface area contributed by atoms with E-state index < -0.39 is 5.91 Å². The van der Waals surface area contributed by atoms with Gasteiger partial charge in [-0.1, -0.05) is 0 Å². The number of carbonyl (C=O) groups excluding carboxylic acids is 1. The molecule has 2 aliphatic rings. The number of hydrogen-bond acceptors (Lipinski definition) is 7. The molecular weight excluding hydrogens is 334 g/mol. The van der Waals surface area contributed by atoms with Crippen LogP contribution in [0.4, 0.5) is 5.95 Å². The summed E-state index contributed by atoms with van der Waals surface area (Å²) in [5.74, 6) is 0.0420. The summed E-state index contributed by atoms with van der Waals surface area (Å²) in [5.41, 5.74) is 3.46. The van der Waals surface area contributed by atoms with Crippen LogP contribution in [-0.4, -0.2) is 52.2 Å². The summed E-state index contributed by atoms with van der Waals surface area (Å²) in [6.07, 6.45) is 9.92. The lowest BCUT2D eigenvalue weighted by molar-refractivity contribution is 0.0705. The van der Waals surface area contributed by atoms with Gasteiger partial charge >= 0.3 is 0 Å². The van der Waals surface area contributed by atoms with Gasteiger partial charge in [0.05, 0.1) is 18.1 Å². The molecule has 0 bridgehead atoms. The van der Waals surface area contributed by atoms with E-state index in [0.717, 1.165) is 45.6 Å². The van der Waals surface area contributed by atoms with Gasteiger partial charge in [0.15, 0.2) is 0 Å². The van der Waals surface area contributed by atoms with E-state index >= 15 is 0 Å². The molecule has 0 radical (unpaired) electrons. The Labute approximate surface area is 151 Å². The topological polar surface area (TPSA) is 94.7 Å². The number of rotatable bonds is 4. The van der Waals surface area contributed by atoms with Crippen molar-refractivity contribution in [2.45, 2.75) is 25.8 Å². The van der Waals surface area contributed by atoms with Gasteiger partial charge < -0.3 is 9.32 Å². The van der Waals surface area contributed by atoms with Crippen LogP contribution < -0.4 is 10.4 Å². The van der Waals surface area contributed by atoms with Crippen molar-refractivity contribution in [3.8, 4) is 0 Å². The van der Waals surface area contributed by atoms with Crippen molar-refractivity contribution < 1.29 is 14.4 Å². The largest absolute Gasteiger partial charge is 0.472 e. The molecule has 0 atom stereocenters. The summed E-state index contributed by atoms with van der Waals surface area (Å²) in [7, 11) is 0. The first-order valence-electron chi connectivity index (χ1n) is 8.92. The summed E-state index contributed by atoms with van der Waals surface area (Å²) >= 11 is 0. The highest BCUT2D eigenvalue weighted by Crippen LogP contribution is 2.41. The van der Waals surface area contributed by atoms with Gasteiger partial charge in [-0.2, -0.15) is 0 Å². The summed E-state index contributed by atoms with van der Waals surface area (Å²) in [6, 6.07) is 2.03. The van der Waals surface area contributed by atoms with Crippen LogP contribution in [0.15, 0.2) is 35.4 Å². The maximum atomic E-state index is 11.4. The number of nitrogens with zero attached hydrogens (tertiary/aromatic N) is 4. The van der Waals surface area contributed by atoms with Crippen LogP contribution >= 0.6 is 0 Å². The van der Waals surface area contributed by atoms with E-state index in [1.165, 1.54) is 24.4 Å². The normalized spacial score (nSPS) is 19.8. The van der Waals surface area contributed by atoms with Crippen molar-refractivity contribution in [3.05, 3.63) is 42.1 Å². The molecule has 2 fully saturated rings. The third kappa shape index (κ3) is 3.42. The molecular formula is C18H23N5O3. The predicted molar refractivity (Wildman–Crippen MR) is 93.8 cm³/mol. The second-order valence-electron chi connectivity index (χ2n) is 7.29. The molecule has 26 heavy (non-hydrogen) atoms. The van der Waals surface area contributed by atoms with E-state index in [9.17, 15) is 4.79 Å². The highest BCUT2D eigenvalue weighted by atomic mass is 16.5. The Kier molecular flexibility index (Phi) is 4.60. The van der Waals surface area contributed by atoms with Crippen LogP contribution in [0, 0.1) is 5.41 Å². The molecule has 2 aromatic heterocycles. The Balaban J connectivity index is 1.33. The van der Waals surface area contributed by atoms with Gasteiger partial charge in [-0.15, -0.1) is 0 Å². The number of hydrogen-bond donors (Lipinski definition) is 2. The minimum Gasteiger partial charge on any atom is -0.472 e. The number of furan rings is 1. The zero-order chi connectivity index (χ0) is 18.0. The number of likely N-dealkylation sites (tertiary alicyclic amines) is 1. The molecule has 4 rings (SSSR count). The first-order valence-corrected chi connectivity index (χ1v) is 8.92. The van der Waals surface area contributed by atoms with Crippen LogP contribution in [0.25, 0.3) is 0 Å². The average Bonchev–Trinajstić information content (AvgIpc) is 3.33. The highest BCUT2D eigenvalue weighted by Gasteiger charge is 2.40. The molecule has 2 aliphatic heterocycles. The number of hydroxylamine groups is 1. The second-order valence-corrected chi connectivity index (χ2v) is 7.29. The summed E-state index contributed by atoms with van der Waals surface area (Å²) in [6.45, 7) is 5.06. The lowest BCUT2D eigenvalue weighted by atomic mass is 9.78. The number of carbonyl (C=O) groups is 1. The smallest absolute Gasteiger partial charge is 0.277 e. The molecule has 8 nitrogen and oxygen atoms in total. The number of amides is 1. The summed E-state index contributed by atoms with van der Waals surface area (Å²) in [4.78, 5) is 24.6. The van der Waals surface area contributed by atoms with Crippen LogP contribution in [0.5, 0.6) is 0 Å². The van der Waals surface area contributed by atoms with Gasteiger partial charge in [0.2, 0.25) is 5.95 Å². The first kappa shape index (κ1) is 17.0. The van der Waals surface area contributed by atoms with Crippen LogP contribution in [0.1, 0.15) is 35.2 Å². The van der Waals surface area contributed by atoms with Gasteiger partial charge in [-0.3, -0.25) is 14.9 Å². The van der Waals surface area contributed by atoms with Crippen molar-refractivity contribution in [1.82, 2.24) is 20.3 Å². The van der Waals surface area contributed by atoms with Crippen LogP contribution in [0.2, 0.25) is 0 Å². The molecule has 4 heterocycles. The standard InChI is InChI=1S/C18H23N5O3/c24-16(21-25)15-9-19-17(20-10-15)23-6-3-18(4-7-23)2-5-22(13-18)11-14-1-8-26-12-14/h1,8-10,12,25H,2-7,11,13H2,(H,21,24). The fraction of sp³-hybridized carbons (Fsp3) is 0.500. The van der Waals surface area contributed by atoms with E-state index in [1.54, 1.807) is 11.7 Å². The Hall–Kier alpha value is -2.45. The fourth-order valence-corrected chi connectivity index (χ4v) is 4.06. The molecule has 8 heteroatoms. The third-order valence-corrected chi connectivity index (χ3v) is 5.61. The van der Waals surface area contributed by atoms with Crippen molar-refractivity contribution in [3.63, 3.8) is 0 Å². The quantitative estimate of drug-likeness (QED) is 0.635. The summed E-state index contributed by atoms with van der Waals surface area (Å²) < 4.78 is 5.17. The first-order chi connectivity index (χ1) is 12.7. The van der Waals surface area contributed by atoms with Crippen molar-refractivity contribution in [2.75, 3.05) is 31.1 Å². The number of nitrogens with one attached hydrogen (secondary N) is 1. The molecule has 2 aromatic rings. The molecule has 0 saturated carbocycles. The zero-order valence-corrected chi connectivity index (χ0v) is 14.6. The fourth-order valence-electron chi connectivity index (χ4n) is 4.06. The molecule has 0 aromatic carbocycles. The molecule has 0 aliphatic carbocycles. The van der Waals surface area contributed by atoms with Gasteiger partial charge in [0.1, 0.15) is 0 Å². The Morgan fingerprint density at radius 2 is 1.96 bits per heavy atom. The van der Waals surface area contributed by atoms with E-state index in [2.05, 4.69) is 19.8 Å². The van der Waals surface area contributed by atoms with Gasteiger partial charge in [0, 0.05) is 44.1 Å². The van der Waals surface area contributed by atoms with Crippen molar-refractivity contribution in [2.24, 2.45) is 5.41 Å². The Bertz CT molecular complexity index is 739. The van der Waals surface area contributed by atoms with Gasteiger partial charge in [-0.05, 0) is 37.3 Å². The van der Waals surface area contributed by atoms with Gasteiger partial charge in [0.25, 0.3) is 5.91 Å². The predicted octanol–water partition coefficient (Wildman–Crippen LogP) is 1.68. The molecule has 0 unspecified atom stereocenters. The monoisotopic (exact) mass is 357 g/mol. The molecule has 1 amide bonds. The van der Waals surface area contributed by atoms with Crippen LogP contribution in [-0.2, 0) is 6.54 Å². The lowest BCUT2D eigenvalue weighted by Gasteiger charge is -2.39. The highest BCUT2D eigenvalue weighted by molar-refractivity contribution is 5.92. The lowest BCUT2D eigenvalue weighted by Crippen LogP contribution is -2.42. The zero-order valence-electron chi connectivity index (χ0n) is 14.6. The maximum Gasteiger partial charge on any atom is 0.277 e. The van der Waals surface area contributed by atoms with E-state index in [0.29, 0.717) is 11.4 Å². The minimum atomic E-state index is -0.599. The number of piperidine rings is 1. The second kappa shape index (κ2) is 7.05. The Morgan fingerprint density at radius 1 is 1.23 bits per heavy atom. The minimum absolute atomic E-state index is 0.246. The average molecular weight is 357 g/mol. The Morgan fingerprint density at radius 3 is 2.62 bits per heavy atom. The van der Waals surface area contributed by atoms with Gasteiger partial charge in [-0.25, -0.2) is 15.4 Å². The molecule has 2 N–H and O–H groups in total. The number of aromatic nitrogens is 2. The molecule has 1 spiro atoms. The van der Waals surface area contributed by atoms with E-state index in [1.807, 2.05) is 12.3 Å². The van der Waals surface area contributed by atoms with Crippen molar-refractivity contribution >= 4 is 11.9 Å². The maximum absolute atomic E-state index is 11.4. The summed E-state index contributed by atoms with van der Waals surface area (Å²) in [5, 5.41) is 8.65.